The third-order valence-corrected chi connectivity index (χ3v) is 3.02. The first-order valence-electron chi connectivity index (χ1n) is 6.62. The fourth-order valence-electron chi connectivity index (χ4n) is 2.07. The summed E-state index contributed by atoms with van der Waals surface area (Å²) >= 11 is 0. The van der Waals surface area contributed by atoms with Crippen LogP contribution in [0.4, 0.5) is 0 Å². The molecule has 108 valence electrons. The summed E-state index contributed by atoms with van der Waals surface area (Å²) in [6.45, 7) is 2.46. The van der Waals surface area contributed by atoms with E-state index >= 15 is 0 Å². The van der Waals surface area contributed by atoms with Gasteiger partial charge in [-0.1, -0.05) is 24.3 Å². The van der Waals surface area contributed by atoms with E-state index in [0.29, 0.717) is 12.2 Å². The van der Waals surface area contributed by atoms with Crippen molar-refractivity contribution in [3.05, 3.63) is 54.1 Å². The molecule has 0 aliphatic heterocycles. The first-order chi connectivity index (χ1) is 10.2. The minimum Gasteiger partial charge on any atom is -0.493 e. The average Bonchev–Trinajstić information content (AvgIpc) is 2.52. The van der Waals surface area contributed by atoms with Crippen LogP contribution in [0, 0.1) is 0 Å². The quantitative estimate of drug-likeness (QED) is 0.481. The van der Waals surface area contributed by atoms with Gasteiger partial charge in [0.2, 0.25) is 0 Å². The van der Waals surface area contributed by atoms with Crippen molar-refractivity contribution in [2.75, 3.05) is 13.7 Å². The van der Waals surface area contributed by atoms with E-state index in [1.54, 1.807) is 12.1 Å². The number of carbonyl (C=O) groups excluding carboxylic acids is 2. The number of hydrogen-bond donors (Lipinski definition) is 0. The van der Waals surface area contributed by atoms with Crippen molar-refractivity contribution in [1.29, 1.82) is 0 Å². The molecule has 0 saturated carbocycles. The molecule has 4 heteroatoms. The molecule has 0 atom stereocenters. The molecule has 0 saturated heterocycles. The van der Waals surface area contributed by atoms with E-state index in [2.05, 4.69) is 4.74 Å². The van der Waals surface area contributed by atoms with Crippen LogP contribution in [0.25, 0.3) is 10.8 Å². The Hall–Kier alpha value is -2.62. The van der Waals surface area contributed by atoms with Gasteiger partial charge in [0.05, 0.1) is 13.7 Å². The molecule has 21 heavy (non-hydrogen) atoms. The molecule has 0 N–H and O–H groups in total. The zero-order valence-electron chi connectivity index (χ0n) is 12.0. The maximum atomic E-state index is 12.2. The van der Waals surface area contributed by atoms with Crippen LogP contribution in [-0.4, -0.2) is 25.5 Å². The maximum Gasteiger partial charge on any atom is 0.330 e. The average molecular weight is 284 g/mol. The number of carbonyl (C=O) groups is 2. The molecule has 0 spiro atoms. The number of ketones is 1. The highest BCUT2D eigenvalue weighted by Crippen LogP contribution is 2.29. The van der Waals surface area contributed by atoms with E-state index < -0.39 is 5.97 Å². The predicted molar refractivity (Wildman–Crippen MR) is 80.6 cm³/mol. The van der Waals surface area contributed by atoms with Crippen molar-refractivity contribution in [1.82, 2.24) is 0 Å². The number of allylic oxidation sites excluding steroid dienone is 1. The molecule has 4 nitrogen and oxygen atoms in total. The van der Waals surface area contributed by atoms with Gasteiger partial charge in [-0.05, 0) is 30.5 Å². The number of hydrogen-bond acceptors (Lipinski definition) is 4. The summed E-state index contributed by atoms with van der Waals surface area (Å²) in [6, 6.07) is 11.0. The lowest BCUT2D eigenvalue weighted by Gasteiger charge is -2.10. The van der Waals surface area contributed by atoms with Gasteiger partial charge in [0, 0.05) is 17.0 Å². The van der Waals surface area contributed by atoms with Crippen LogP contribution in [0.5, 0.6) is 5.75 Å². The van der Waals surface area contributed by atoms with Crippen molar-refractivity contribution < 1.29 is 19.1 Å². The van der Waals surface area contributed by atoms with Crippen molar-refractivity contribution in [3.63, 3.8) is 0 Å². The third-order valence-electron chi connectivity index (χ3n) is 3.02. The monoisotopic (exact) mass is 284 g/mol. The highest BCUT2D eigenvalue weighted by Gasteiger charge is 2.11. The van der Waals surface area contributed by atoms with Crippen LogP contribution in [0.1, 0.15) is 17.3 Å². The zero-order chi connectivity index (χ0) is 15.2. The van der Waals surface area contributed by atoms with Crippen LogP contribution in [0.2, 0.25) is 0 Å². The van der Waals surface area contributed by atoms with Gasteiger partial charge in [0.1, 0.15) is 5.75 Å². The van der Waals surface area contributed by atoms with Crippen LogP contribution >= 0.6 is 0 Å². The smallest absolute Gasteiger partial charge is 0.330 e. The van der Waals surface area contributed by atoms with Crippen molar-refractivity contribution in [3.8, 4) is 5.75 Å². The number of rotatable bonds is 5. The Labute approximate surface area is 123 Å². The Morgan fingerprint density at radius 3 is 2.43 bits per heavy atom. The van der Waals surface area contributed by atoms with Gasteiger partial charge in [-0.15, -0.1) is 0 Å². The van der Waals surface area contributed by atoms with Crippen LogP contribution in [0.15, 0.2) is 48.6 Å². The Morgan fingerprint density at radius 2 is 1.76 bits per heavy atom. The van der Waals surface area contributed by atoms with Crippen LogP contribution in [0.3, 0.4) is 0 Å². The highest BCUT2D eigenvalue weighted by molar-refractivity contribution is 6.15. The highest BCUT2D eigenvalue weighted by atomic mass is 16.5. The molecule has 0 aliphatic rings. The van der Waals surface area contributed by atoms with Crippen molar-refractivity contribution in [2.45, 2.75) is 6.92 Å². The first-order valence-corrected chi connectivity index (χ1v) is 6.62. The summed E-state index contributed by atoms with van der Waals surface area (Å²) in [5.74, 6) is -0.0696. The van der Waals surface area contributed by atoms with E-state index in [4.69, 9.17) is 4.74 Å². The van der Waals surface area contributed by atoms with E-state index in [1.807, 2.05) is 31.2 Å². The molecule has 0 aromatic heterocycles. The lowest BCUT2D eigenvalue weighted by Crippen LogP contribution is -2.01. The third kappa shape index (κ3) is 3.28. The van der Waals surface area contributed by atoms with E-state index in [-0.39, 0.29) is 5.78 Å². The van der Waals surface area contributed by atoms with Gasteiger partial charge < -0.3 is 9.47 Å². The Kier molecular flexibility index (Phi) is 4.72. The Balaban J connectivity index is 2.46. The van der Waals surface area contributed by atoms with E-state index in [0.717, 1.165) is 22.6 Å². The van der Waals surface area contributed by atoms with Gasteiger partial charge in [-0.2, -0.15) is 0 Å². The molecule has 2 aromatic rings. The van der Waals surface area contributed by atoms with Gasteiger partial charge >= 0.3 is 5.97 Å². The molecular weight excluding hydrogens is 268 g/mol. The predicted octanol–water partition coefficient (Wildman–Crippen LogP) is 3.15. The zero-order valence-corrected chi connectivity index (χ0v) is 12.0. The molecule has 0 unspecified atom stereocenters. The Bertz CT molecular complexity index is 701. The molecule has 0 amide bonds. The molecule has 0 fully saturated rings. The van der Waals surface area contributed by atoms with Gasteiger partial charge in [-0.25, -0.2) is 4.79 Å². The summed E-state index contributed by atoms with van der Waals surface area (Å²) in [4.78, 5) is 23.3. The minimum atomic E-state index is -0.557. The SMILES string of the molecule is CCOc1ccc(C(=O)/C=C/C(=O)OC)c2ccccc12. The molecule has 0 heterocycles. The summed E-state index contributed by atoms with van der Waals surface area (Å²) in [5, 5.41) is 1.67. The molecule has 0 bridgehead atoms. The van der Waals surface area contributed by atoms with Gasteiger partial charge in [-0.3, -0.25) is 4.79 Å². The van der Waals surface area contributed by atoms with E-state index in [9.17, 15) is 9.59 Å². The number of ether oxygens (including phenoxy) is 2. The summed E-state index contributed by atoms with van der Waals surface area (Å²) in [6.07, 6.45) is 2.33. The topological polar surface area (TPSA) is 52.6 Å². The summed E-state index contributed by atoms with van der Waals surface area (Å²) < 4.78 is 10.0. The van der Waals surface area contributed by atoms with Gasteiger partial charge in [0.25, 0.3) is 0 Å². The fourth-order valence-corrected chi connectivity index (χ4v) is 2.07. The van der Waals surface area contributed by atoms with E-state index in [1.165, 1.54) is 13.2 Å². The molecule has 2 aromatic carbocycles. The number of methoxy groups -OCH3 is 1. The first kappa shape index (κ1) is 14.8. The lowest BCUT2D eigenvalue weighted by atomic mass is 10.0. The van der Waals surface area contributed by atoms with Crippen molar-refractivity contribution in [2.24, 2.45) is 0 Å². The standard InChI is InChI=1S/C17H16O4/c1-3-21-16-10-8-13(12-6-4-5-7-14(12)16)15(18)9-11-17(19)20-2/h4-11H,3H2,1-2H3/b11-9+. The van der Waals surface area contributed by atoms with Crippen LogP contribution < -0.4 is 4.74 Å². The minimum absolute atomic E-state index is 0.250. The summed E-state index contributed by atoms with van der Waals surface area (Å²) in [5.41, 5.74) is 0.522. The molecular formula is C17H16O4. The second kappa shape index (κ2) is 6.70. The molecule has 0 radical (unpaired) electrons. The maximum absolute atomic E-state index is 12.2. The Morgan fingerprint density at radius 1 is 1.05 bits per heavy atom. The fraction of sp³-hybridized carbons (Fsp3) is 0.176. The van der Waals surface area contributed by atoms with Gasteiger partial charge in [0.15, 0.2) is 5.78 Å². The largest absolute Gasteiger partial charge is 0.493 e. The lowest BCUT2D eigenvalue weighted by molar-refractivity contribution is -0.134. The molecule has 0 aliphatic carbocycles. The normalized spacial score (nSPS) is 10.8. The number of fused-ring (bicyclic) bond motifs is 1. The van der Waals surface area contributed by atoms with Crippen molar-refractivity contribution >= 4 is 22.5 Å². The number of esters is 1. The van der Waals surface area contributed by atoms with Crippen LogP contribution in [-0.2, 0) is 9.53 Å². The molecule has 2 rings (SSSR count). The second-order valence-electron chi connectivity index (χ2n) is 4.31. The number of benzene rings is 2. The summed E-state index contributed by atoms with van der Waals surface area (Å²) in [7, 11) is 1.27. The second-order valence-corrected chi connectivity index (χ2v) is 4.31.